The maximum Gasteiger partial charge on any atom is 0.339 e. The fourth-order valence-electron chi connectivity index (χ4n) is 2.99. The first kappa shape index (κ1) is 22.2. The number of benzene rings is 1. The molecule has 2 N–H and O–H groups in total. The molecular weight excluding hydrogens is 449 g/mol. The van der Waals surface area contributed by atoms with E-state index in [4.69, 9.17) is 20.8 Å². The van der Waals surface area contributed by atoms with Crippen LogP contribution >= 0.6 is 11.6 Å². The van der Waals surface area contributed by atoms with E-state index < -0.39 is 11.8 Å². The zero-order valence-electron chi connectivity index (χ0n) is 17.5. The second-order valence-corrected chi connectivity index (χ2v) is 7.23. The SMILES string of the molecule is CCOC(=O)c1cncc(-c2cnc(Nc3ccc(F)c(Cl)c3)nc2NCc2ccco2)c1. The van der Waals surface area contributed by atoms with E-state index in [9.17, 15) is 9.18 Å². The summed E-state index contributed by atoms with van der Waals surface area (Å²) < 4.78 is 23.9. The molecule has 10 heteroatoms. The molecule has 0 spiro atoms. The van der Waals surface area contributed by atoms with Crippen molar-refractivity contribution in [2.24, 2.45) is 0 Å². The molecule has 0 saturated carbocycles. The van der Waals surface area contributed by atoms with Crippen LogP contribution in [0.3, 0.4) is 0 Å². The number of rotatable bonds is 8. The van der Waals surface area contributed by atoms with Gasteiger partial charge in [0.2, 0.25) is 5.95 Å². The summed E-state index contributed by atoms with van der Waals surface area (Å²) in [6, 6.07) is 9.50. The van der Waals surface area contributed by atoms with Gasteiger partial charge in [0.1, 0.15) is 17.4 Å². The Morgan fingerprint density at radius 2 is 2.09 bits per heavy atom. The fraction of sp³-hybridized carbons (Fsp3) is 0.130. The second kappa shape index (κ2) is 10.1. The molecule has 0 unspecified atom stereocenters. The predicted molar refractivity (Wildman–Crippen MR) is 122 cm³/mol. The van der Waals surface area contributed by atoms with Gasteiger partial charge in [-0.1, -0.05) is 11.6 Å². The molecule has 0 amide bonds. The molecule has 3 aromatic heterocycles. The highest BCUT2D eigenvalue weighted by Crippen LogP contribution is 2.29. The number of ether oxygens (including phenoxy) is 1. The monoisotopic (exact) mass is 467 g/mol. The third-order valence-corrected chi connectivity index (χ3v) is 4.82. The molecular formula is C23H19ClFN5O3. The molecule has 168 valence electrons. The summed E-state index contributed by atoms with van der Waals surface area (Å²) in [7, 11) is 0. The molecule has 0 radical (unpaired) electrons. The van der Waals surface area contributed by atoms with Crippen LogP contribution in [0.1, 0.15) is 23.0 Å². The number of furan rings is 1. The number of pyridine rings is 1. The molecule has 0 fully saturated rings. The Bertz CT molecular complexity index is 1270. The lowest BCUT2D eigenvalue weighted by Crippen LogP contribution is -2.07. The molecule has 1 aromatic carbocycles. The first-order valence-electron chi connectivity index (χ1n) is 10.0. The van der Waals surface area contributed by atoms with Crippen molar-refractivity contribution in [3.63, 3.8) is 0 Å². The summed E-state index contributed by atoms with van der Waals surface area (Å²) in [6.45, 7) is 2.36. The van der Waals surface area contributed by atoms with Crippen molar-refractivity contribution in [1.82, 2.24) is 15.0 Å². The lowest BCUT2D eigenvalue weighted by atomic mass is 10.1. The van der Waals surface area contributed by atoms with Crippen molar-refractivity contribution >= 4 is 35.0 Å². The number of nitrogens with zero attached hydrogens (tertiary/aromatic N) is 3. The van der Waals surface area contributed by atoms with E-state index in [1.807, 2.05) is 6.07 Å². The lowest BCUT2D eigenvalue weighted by molar-refractivity contribution is 0.0526. The first-order chi connectivity index (χ1) is 16.0. The Morgan fingerprint density at radius 3 is 2.85 bits per heavy atom. The maximum absolute atomic E-state index is 13.5. The van der Waals surface area contributed by atoms with E-state index in [1.54, 1.807) is 37.7 Å². The van der Waals surface area contributed by atoms with E-state index in [0.717, 1.165) is 0 Å². The van der Waals surface area contributed by atoms with Crippen molar-refractivity contribution < 1.29 is 18.3 Å². The van der Waals surface area contributed by atoms with Crippen molar-refractivity contribution in [2.75, 3.05) is 17.2 Å². The average Bonchev–Trinajstić information content (AvgIpc) is 3.34. The Balaban J connectivity index is 1.67. The summed E-state index contributed by atoms with van der Waals surface area (Å²) in [5.41, 5.74) is 2.08. The van der Waals surface area contributed by atoms with Crippen LogP contribution in [0.5, 0.6) is 0 Å². The smallest absolute Gasteiger partial charge is 0.339 e. The Labute approximate surface area is 193 Å². The Morgan fingerprint density at radius 1 is 1.21 bits per heavy atom. The molecule has 8 nitrogen and oxygen atoms in total. The van der Waals surface area contributed by atoms with Crippen LogP contribution in [0.4, 0.5) is 21.8 Å². The molecule has 0 atom stereocenters. The zero-order chi connectivity index (χ0) is 23.2. The number of aromatic nitrogens is 3. The minimum atomic E-state index is -0.520. The third kappa shape index (κ3) is 5.45. The van der Waals surface area contributed by atoms with Gasteiger partial charge in [-0.25, -0.2) is 14.2 Å². The summed E-state index contributed by atoms with van der Waals surface area (Å²) in [5, 5.41) is 6.21. The minimum Gasteiger partial charge on any atom is -0.467 e. The molecule has 4 rings (SSSR count). The van der Waals surface area contributed by atoms with E-state index in [1.165, 1.54) is 24.4 Å². The number of carbonyl (C=O) groups is 1. The van der Waals surface area contributed by atoms with E-state index in [-0.39, 0.29) is 17.6 Å². The van der Waals surface area contributed by atoms with Gasteiger partial charge < -0.3 is 19.8 Å². The summed E-state index contributed by atoms with van der Waals surface area (Å²) in [4.78, 5) is 25.2. The zero-order valence-corrected chi connectivity index (χ0v) is 18.3. The molecule has 0 aliphatic heterocycles. The van der Waals surface area contributed by atoms with Gasteiger partial charge in [-0.3, -0.25) is 4.98 Å². The standard InChI is InChI=1S/C23H19ClFN5O3/c1-2-32-22(31)15-8-14(10-26-11-15)18-13-28-23(29-16-5-6-20(25)19(24)9-16)30-21(18)27-12-17-4-3-7-33-17/h3-11,13H,2,12H2,1H3,(H2,27,28,29,30). The number of nitrogens with one attached hydrogen (secondary N) is 2. The summed E-state index contributed by atoms with van der Waals surface area (Å²) in [6.07, 6.45) is 6.21. The molecule has 33 heavy (non-hydrogen) atoms. The van der Waals surface area contributed by atoms with Gasteiger partial charge >= 0.3 is 5.97 Å². The fourth-order valence-corrected chi connectivity index (χ4v) is 3.17. The first-order valence-corrected chi connectivity index (χ1v) is 10.4. The normalized spacial score (nSPS) is 10.6. The van der Waals surface area contributed by atoms with Crippen LogP contribution in [-0.4, -0.2) is 27.5 Å². The Kier molecular flexibility index (Phi) is 6.80. The third-order valence-electron chi connectivity index (χ3n) is 4.54. The van der Waals surface area contributed by atoms with Crippen LogP contribution in [0.25, 0.3) is 11.1 Å². The highest BCUT2D eigenvalue weighted by atomic mass is 35.5. The summed E-state index contributed by atoms with van der Waals surface area (Å²) >= 11 is 5.86. The van der Waals surface area contributed by atoms with Crippen LogP contribution in [0.15, 0.2) is 65.7 Å². The highest BCUT2D eigenvalue weighted by molar-refractivity contribution is 6.31. The largest absolute Gasteiger partial charge is 0.467 e. The van der Waals surface area contributed by atoms with Gasteiger partial charge in [-0.15, -0.1) is 0 Å². The molecule has 4 aromatic rings. The van der Waals surface area contributed by atoms with Gasteiger partial charge in [0, 0.05) is 35.4 Å². The van der Waals surface area contributed by atoms with Crippen LogP contribution in [0, 0.1) is 5.82 Å². The van der Waals surface area contributed by atoms with Gasteiger partial charge in [0.15, 0.2) is 0 Å². The van der Waals surface area contributed by atoms with E-state index in [2.05, 4.69) is 25.6 Å². The minimum absolute atomic E-state index is 0.0188. The number of hydrogen-bond donors (Lipinski definition) is 2. The van der Waals surface area contributed by atoms with Gasteiger partial charge in [-0.2, -0.15) is 4.98 Å². The number of anilines is 3. The molecule has 0 aliphatic carbocycles. The van der Waals surface area contributed by atoms with E-state index >= 15 is 0 Å². The highest BCUT2D eigenvalue weighted by Gasteiger charge is 2.14. The van der Waals surface area contributed by atoms with Crippen molar-refractivity contribution in [1.29, 1.82) is 0 Å². The Hall–Kier alpha value is -3.98. The number of esters is 1. The number of carbonyl (C=O) groups excluding carboxylic acids is 1. The van der Waals surface area contributed by atoms with Crippen molar-refractivity contribution in [3.05, 3.63) is 83.4 Å². The van der Waals surface area contributed by atoms with Crippen molar-refractivity contribution in [2.45, 2.75) is 13.5 Å². The van der Waals surface area contributed by atoms with Crippen LogP contribution in [-0.2, 0) is 11.3 Å². The number of halogens is 2. The number of hydrogen-bond acceptors (Lipinski definition) is 8. The lowest BCUT2D eigenvalue weighted by Gasteiger charge is -2.13. The van der Waals surface area contributed by atoms with Crippen molar-refractivity contribution in [3.8, 4) is 11.1 Å². The average molecular weight is 468 g/mol. The second-order valence-electron chi connectivity index (χ2n) is 6.83. The molecule has 0 saturated heterocycles. The quantitative estimate of drug-likeness (QED) is 0.329. The maximum atomic E-state index is 13.5. The van der Waals surface area contributed by atoms with Gasteiger partial charge in [-0.05, 0) is 43.3 Å². The molecule has 3 heterocycles. The topological polar surface area (TPSA) is 102 Å². The molecule has 0 bridgehead atoms. The van der Waals surface area contributed by atoms with Gasteiger partial charge in [0.05, 0.1) is 30.0 Å². The van der Waals surface area contributed by atoms with E-state index in [0.29, 0.717) is 40.5 Å². The predicted octanol–water partition coefficient (Wildman–Crippen LogP) is 5.46. The van der Waals surface area contributed by atoms with Crippen LogP contribution < -0.4 is 10.6 Å². The molecule has 0 aliphatic rings. The van der Waals surface area contributed by atoms with Crippen LogP contribution in [0.2, 0.25) is 5.02 Å². The van der Waals surface area contributed by atoms with Gasteiger partial charge in [0.25, 0.3) is 0 Å². The summed E-state index contributed by atoms with van der Waals surface area (Å²) in [5.74, 6) is 0.452.